The molecule has 1 aromatic rings. The van der Waals surface area contributed by atoms with Crippen LogP contribution in [0.2, 0.25) is 0 Å². The summed E-state index contributed by atoms with van der Waals surface area (Å²) < 4.78 is 26.3. The first-order valence-electron chi connectivity index (χ1n) is 8.89. The number of sulfonamides is 1. The maximum absolute atomic E-state index is 11.8. The van der Waals surface area contributed by atoms with Crippen molar-refractivity contribution in [3.8, 4) is 0 Å². The van der Waals surface area contributed by atoms with E-state index in [2.05, 4.69) is 35.6 Å². The molecule has 0 aliphatic carbocycles. The first-order chi connectivity index (χ1) is 11.4. The van der Waals surface area contributed by atoms with Gasteiger partial charge in [-0.15, -0.1) is 0 Å². The second-order valence-corrected chi connectivity index (χ2v) is 8.59. The van der Waals surface area contributed by atoms with Gasteiger partial charge >= 0.3 is 0 Å². The van der Waals surface area contributed by atoms with Crippen LogP contribution in [0.25, 0.3) is 6.08 Å². The Kier molecular flexibility index (Phi) is 9.08. The van der Waals surface area contributed by atoms with Crippen molar-refractivity contribution in [1.82, 2.24) is 4.90 Å². The summed E-state index contributed by atoms with van der Waals surface area (Å²) in [5, 5.41) is -0.439. The molecule has 0 heterocycles. The van der Waals surface area contributed by atoms with E-state index in [1.54, 1.807) is 26.0 Å². The first kappa shape index (κ1) is 20.7. The van der Waals surface area contributed by atoms with Crippen molar-refractivity contribution in [2.75, 3.05) is 24.4 Å². The molecule has 0 fully saturated rings. The molecule has 24 heavy (non-hydrogen) atoms. The number of nitrogens with one attached hydrogen (secondary N) is 1. The molecule has 0 bridgehead atoms. The van der Waals surface area contributed by atoms with Crippen LogP contribution in [0, 0.1) is 0 Å². The van der Waals surface area contributed by atoms with Gasteiger partial charge in [-0.3, -0.25) is 4.72 Å². The van der Waals surface area contributed by atoms with Crippen LogP contribution in [0.3, 0.4) is 0 Å². The Labute approximate surface area is 148 Å². The lowest BCUT2D eigenvalue weighted by Gasteiger charge is -2.19. The lowest BCUT2D eigenvalue weighted by molar-refractivity contribution is 0.280. The van der Waals surface area contributed by atoms with Crippen molar-refractivity contribution in [2.45, 2.75) is 52.2 Å². The molecule has 0 unspecified atom stereocenters. The van der Waals surface area contributed by atoms with Crippen molar-refractivity contribution >= 4 is 21.8 Å². The molecular weight excluding hydrogens is 320 g/mol. The zero-order chi connectivity index (χ0) is 18.0. The molecule has 0 aliphatic rings. The third kappa shape index (κ3) is 7.49. The molecule has 0 saturated carbocycles. The first-order valence-corrected chi connectivity index (χ1v) is 10.4. The number of hydrogen-bond acceptors (Lipinski definition) is 3. The lowest BCUT2D eigenvalue weighted by Crippen LogP contribution is -2.26. The lowest BCUT2D eigenvalue weighted by atomic mass is 10.2. The second kappa shape index (κ2) is 10.5. The van der Waals surface area contributed by atoms with Gasteiger partial charge in [-0.1, -0.05) is 38.1 Å². The minimum absolute atomic E-state index is 0.439. The van der Waals surface area contributed by atoms with Crippen molar-refractivity contribution in [3.63, 3.8) is 0 Å². The smallest absolute Gasteiger partial charge is 0.235 e. The van der Waals surface area contributed by atoms with Crippen LogP contribution in [0.1, 0.15) is 52.5 Å². The highest BCUT2D eigenvalue weighted by Crippen LogP contribution is 2.14. The van der Waals surface area contributed by atoms with Gasteiger partial charge in [0.2, 0.25) is 10.0 Å². The number of benzene rings is 1. The molecule has 0 spiro atoms. The van der Waals surface area contributed by atoms with Crippen LogP contribution in [-0.4, -0.2) is 38.2 Å². The third-order valence-corrected chi connectivity index (χ3v) is 5.55. The Morgan fingerprint density at radius 1 is 1.04 bits per heavy atom. The number of nitrogens with zero attached hydrogens (tertiary/aromatic N) is 1. The number of hydrogen-bond donors (Lipinski definition) is 1. The molecule has 5 heteroatoms. The minimum Gasteiger partial charge on any atom is -0.303 e. The van der Waals surface area contributed by atoms with E-state index in [9.17, 15) is 8.42 Å². The molecule has 0 amide bonds. The Morgan fingerprint density at radius 2 is 1.62 bits per heavy atom. The van der Waals surface area contributed by atoms with Crippen molar-refractivity contribution < 1.29 is 8.42 Å². The number of anilines is 1. The summed E-state index contributed by atoms with van der Waals surface area (Å²) in [6.07, 6.45) is 7.69. The fourth-order valence-corrected chi connectivity index (χ4v) is 3.09. The van der Waals surface area contributed by atoms with Crippen LogP contribution in [-0.2, 0) is 10.0 Å². The largest absolute Gasteiger partial charge is 0.303 e. The topological polar surface area (TPSA) is 49.4 Å². The highest BCUT2D eigenvalue weighted by molar-refractivity contribution is 7.93. The zero-order valence-electron chi connectivity index (χ0n) is 15.5. The van der Waals surface area contributed by atoms with Gasteiger partial charge in [0.25, 0.3) is 0 Å². The van der Waals surface area contributed by atoms with Crippen LogP contribution in [0.15, 0.2) is 30.3 Å². The highest BCUT2D eigenvalue weighted by atomic mass is 32.2. The molecule has 136 valence electrons. The summed E-state index contributed by atoms with van der Waals surface area (Å²) >= 11 is 0. The summed E-state index contributed by atoms with van der Waals surface area (Å²) in [4.78, 5) is 2.49. The Hall–Kier alpha value is -1.33. The van der Waals surface area contributed by atoms with E-state index in [1.807, 2.05) is 12.1 Å². The summed E-state index contributed by atoms with van der Waals surface area (Å²) in [7, 11) is -3.28. The van der Waals surface area contributed by atoms with Crippen LogP contribution in [0.5, 0.6) is 0 Å². The van der Waals surface area contributed by atoms with Gasteiger partial charge < -0.3 is 4.90 Å². The molecule has 1 N–H and O–H groups in total. The molecule has 0 aliphatic heterocycles. The average molecular weight is 353 g/mol. The summed E-state index contributed by atoms with van der Waals surface area (Å²) in [6.45, 7) is 11.2. The van der Waals surface area contributed by atoms with Crippen LogP contribution >= 0.6 is 0 Å². The van der Waals surface area contributed by atoms with Gasteiger partial charge in [-0.05, 0) is 63.9 Å². The highest BCUT2D eigenvalue weighted by Gasteiger charge is 2.14. The van der Waals surface area contributed by atoms with Crippen molar-refractivity contribution in [2.24, 2.45) is 0 Å². The van der Waals surface area contributed by atoms with E-state index >= 15 is 0 Å². The van der Waals surface area contributed by atoms with E-state index in [4.69, 9.17) is 0 Å². The Balaban J connectivity index is 2.52. The quantitative estimate of drug-likeness (QED) is 0.643. The third-order valence-electron chi connectivity index (χ3n) is 3.79. The predicted octanol–water partition coefficient (Wildman–Crippen LogP) is 4.36. The fraction of sp³-hybridized carbons (Fsp3) is 0.579. The van der Waals surface area contributed by atoms with Crippen molar-refractivity contribution in [3.05, 3.63) is 35.9 Å². The van der Waals surface area contributed by atoms with Crippen LogP contribution in [0.4, 0.5) is 5.69 Å². The van der Waals surface area contributed by atoms with Crippen molar-refractivity contribution in [1.29, 1.82) is 0 Å². The minimum atomic E-state index is -3.28. The standard InChI is InChI=1S/C19H32N2O2S/c1-5-14-21(15-6-2)16-8-7-9-18-10-12-19(13-11-18)20-24(22,23)17(3)4/h7,9-13,17,20H,5-6,8,14-16H2,1-4H3/b9-7+. The van der Waals surface area contributed by atoms with E-state index in [-0.39, 0.29) is 0 Å². The molecule has 1 aromatic carbocycles. The maximum Gasteiger partial charge on any atom is 0.235 e. The molecule has 0 saturated heterocycles. The van der Waals surface area contributed by atoms with Gasteiger partial charge in [0, 0.05) is 12.2 Å². The molecular formula is C19H32N2O2S. The van der Waals surface area contributed by atoms with E-state index in [0.717, 1.165) is 31.6 Å². The van der Waals surface area contributed by atoms with Gasteiger partial charge in [0.1, 0.15) is 0 Å². The Bertz CT molecular complexity index is 586. The number of rotatable bonds is 11. The summed E-state index contributed by atoms with van der Waals surface area (Å²) in [5.41, 5.74) is 1.69. The fourth-order valence-electron chi connectivity index (χ4n) is 2.39. The average Bonchev–Trinajstić information content (AvgIpc) is 2.53. The van der Waals surface area contributed by atoms with Gasteiger partial charge in [-0.25, -0.2) is 8.42 Å². The van der Waals surface area contributed by atoms with E-state index in [0.29, 0.717) is 5.69 Å². The second-order valence-electron chi connectivity index (χ2n) is 6.35. The zero-order valence-corrected chi connectivity index (χ0v) is 16.3. The van der Waals surface area contributed by atoms with Gasteiger partial charge in [0.05, 0.1) is 5.25 Å². The van der Waals surface area contributed by atoms with E-state index < -0.39 is 15.3 Å². The molecule has 4 nitrogen and oxygen atoms in total. The predicted molar refractivity (Wildman–Crippen MR) is 105 cm³/mol. The molecule has 0 radical (unpaired) electrons. The van der Waals surface area contributed by atoms with Gasteiger partial charge in [-0.2, -0.15) is 0 Å². The molecule has 0 aromatic heterocycles. The van der Waals surface area contributed by atoms with Crippen LogP contribution < -0.4 is 4.72 Å². The maximum atomic E-state index is 11.8. The van der Waals surface area contributed by atoms with Gasteiger partial charge in [0.15, 0.2) is 0 Å². The SMILES string of the molecule is CCCN(CCC)CC/C=C/c1ccc(NS(=O)(=O)C(C)C)cc1. The normalized spacial score (nSPS) is 12.4. The summed E-state index contributed by atoms with van der Waals surface area (Å²) in [6, 6.07) is 7.48. The molecule has 0 atom stereocenters. The Morgan fingerprint density at radius 3 is 2.12 bits per heavy atom. The summed E-state index contributed by atoms with van der Waals surface area (Å²) in [5.74, 6) is 0. The molecule has 1 rings (SSSR count). The van der Waals surface area contributed by atoms with E-state index in [1.165, 1.54) is 12.8 Å². The monoisotopic (exact) mass is 352 g/mol.